The Bertz CT molecular complexity index is 456. The van der Waals surface area contributed by atoms with Gasteiger partial charge in [-0.1, -0.05) is 23.7 Å². The van der Waals surface area contributed by atoms with Crippen molar-refractivity contribution in [2.75, 3.05) is 0 Å². The van der Waals surface area contributed by atoms with Crippen LogP contribution in [-0.2, 0) is 13.1 Å². The smallest absolute Gasteiger partial charge is 0.146 e. The molecule has 0 atom stereocenters. The van der Waals surface area contributed by atoms with E-state index in [4.69, 9.17) is 16.0 Å². The molecule has 0 saturated heterocycles. The Hall–Kier alpha value is -1.32. The van der Waals surface area contributed by atoms with E-state index in [1.807, 2.05) is 6.07 Å². The van der Waals surface area contributed by atoms with Gasteiger partial charge in [0.25, 0.3) is 0 Å². The lowest BCUT2D eigenvalue weighted by Crippen LogP contribution is -2.13. The first kappa shape index (κ1) is 11.2. The Kier molecular flexibility index (Phi) is 3.59. The first-order chi connectivity index (χ1) is 7.77. The normalized spacial score (nSPS) is 10.6. The van der Waals surface area contributed by atoms with Gasteiger partial charge in [0, 0.05) is 24.2 Å². The molecule has 1 N–H and O–H groups in total. The minimum absolute atomic E-state index is 0.155. The highest BCUT2D eigenvalue weighted by Crippen LogP contribution is 2.17. The van der Waals surface area contributed by atoms with E-state index >= 15 is 0 Å². The van der Waals surface area contributed by atoms with Crippen LogP contribution in [0.25, 0.3) is 0 Å². The third kappa shape index (κ3) is 2.62. The molecule has 0 unspecified atom stereocenters. The number of benzene rings is 1. The molecule has 0 amide bonds. The Morgan fingerprint density at radius 2 is 2.12 bits per heavy atom. The number of hydrogen-bond donors (Lipinski definition) is 1. The number of halogens is 2. The highest BCUT2D eigenvalue weighted by molar-refractivity contribution is 6.30. The summed E-state index contributed by atoms with van der Waals surface area (Å²) in [5, 5.41) is 3.27. The Labute approximate surface area is 98.0 Å². The molecular weight excluding hydrogens is 229 g/mol. The standard InChI is InChI=1S/C12H11ClFNO/c13-11-3-1-2-10(12(11)14)7-15-6-9-4-5-16-8-9/h1-5,8,15H,6-7H2. The molecule has 84 valence electrons. The van der Waals surface area contributed by atoms with Gasteiger partial charge in [0.15, 0.2) is 0 Å². The maximum Gasteiger partial charge on any atom is 0.146 e. The van der Waals surface area contributed by atoms with Crippen molar-refractivity contribution in [3.8, 4) is 0 Å². The number of rotatable bonds is 4. The minimum atomic E-state index is -0.358. The SMILES string of the molecule is Fc1c(Cl)cccc1CNCc1ccoc1. The van der Waals surface area contributed by atoms with E-state index in [2.05, 4.69) is 5.32 Å². The lowest BCUT2D eigenvalue weighted by atomic mass is 10.2. The van der Waals surface area contributed by atoms with E-state index in [1.54, 1.807) is 24.7 Å². The second-order valence-electron chi connectivity index (χ2n) is 3.45. The van der Waals surface area contributed by atoms with Crippen molar-refractivity contribution in [2.45, 2.75) is 13.1 Å². The molecule has 0 bridgehead atoms. The summed E-state index contributed by atoms with van der Waals surface area (Å²) < 4.78 is 18.4. The lowest BCUT2D eigenvalue weighted by molar-refractivity contribution is 0.557. The summed E-state index contributed by atoms with van der Waals surface area (Å²) in [6.45, 7) is 1.08. The van der Waals surface area contributed by atoms with Gasteiger partial charge in [-0.05, 0) is 12.1 Å². The van der Waals surface area contributed by atoms with Crippen LogP contribution in [0, 0.1) is 5.82 Å². The van der Waals surface area contributed by atoms with Crippen molar-refractivity contribution in [2.24, 2.45) is 0 Å². The average Bonchev–Trinajstić information content (AvgIpc) is 2.77. The molecule has 16 heavy (non-hydrogen) atoms. The van der Waals surface area contributed by atoms with Crippen molar-refractivity contribution in [1.29, 1.82) is 0 Å². The largest absolute Gasteiger partial charge is 0.472 e. The fourth-order valence-corrected chi connectivity index (χ4v) is 1.61. The number of hydrogen-bond acceptors (Lipinski definition) is 2. The van der Waals surface area contributed by atoms with E-state index in [-0.39, 0.29) is 10.8 Å². The van der Waals surface area contributed by atoms with E-state index in [0.717, 1.165) is 5.56 Å². The Balaban J connectivity index is 1.92. The Morgan fingerprint density at radius 3 is 2.88 bits per heavy atom. The van der Waals surface area contributed by atoms with Crippen molar-refractivity contribution in [3.05, 3.63) is 58.8 Å². The molecule has 0 saturated carbocycles. The van der Waals surface area contributed by atoms with Crippen LogP contribution in [0.2, 0.25) is 5.02 Å². The first-order valence-electron chi connectivity index (χ1n) is 4.92. The molecule has 1 aromatic heterocycles. The van der Waals surface area contributed by atoms with Gasteiger partial charge >= 0.3 is 0 Å². The predicted octanol–water partition coefficient (Wildman–Crippen LogP) is 3.36. The summed E-state index contributed by atoms with van der Waals surface area (Å²) in [4.78, 5) is 0. The van der Waals surface area contributed by atoms with Gasteiger partial charge in [-0.2, -0.15) is 0 Å². The Morgan fingerprint density at radius 1 is 1.25 bits per heavy atom. The zero-order valence-electron chi connectivity index (χ0n) is 8.54. The summed E-state index contributed by atoms with van der Waals surface area (Å²) in [6, 6.07) is 6.85. The van der Waals surface area contributed by atoms with E-state index in [0.29, 0.717) is 18.7 Å². The number of furan rings is 1. The minimum Gasteiger partial charge on any atom is -0.472 e. The van der Waals surface area contributed by atoms with Gasteiger partial charge in [0.2, 0.25) is 0 Å². The van der Waals surface area contributed by atoms with Crippen LogP contribution in [0.5, 0.6) is 0 Å². The zero-order chi connectivity index (χ0) is 11.4. The van der Waals surface area contributed by atoms with Crippen molar-refractivity contribution in [3.63, 3.8) is 0 Å². The number of nitrogens with one attached hydrogen (secondary N) is 1. The molecule has 1 heterocycles. The van der Waals surface area contributed by atoms with Crippen LogP contribution in [0.15, 0.2) is 41.2 Å². The monoisotopic (exact) mass is 239 g/mol. The molecule has 0 spiro atoms. The van der Waals surface area contributed by atoms with Gasteiger partial charge < -0.3 is 9.73 Å². The van der Waals surface area contributed by atoms with Crippen LogP contribution >= 0.6 is 11.6 Å². The quantitative estimate of drug-likeness (QED) is 0.885. The molecule has 0 radical (unpaired) electrons. The van der Waals surface area contributed by atoms with Gasteiger partial charge in [0.1, 0.15) is 5.82 Å². The van der Waals surface area contributed by atoms with Crippen molar-refractivity contribution in [1.82, 2.24) is 5.32 Å². The summed E-state index contributed by atoms with van der Waals surface area (Å²) >= 11 is 5.67. The second kappa shape index (κ2) is 5.14. The summed E-state index contributed by atoms with van der Waals surface area (Å²) in [5.74, 6) is -0.358. The molecule has 0 aliphatic heterocycles. The molecule has 2 nitrogen and oxygen atoms in total. The van der Waals surface area contributed by atoms with Crippen molar-refractivity contribution < 1.29 is 8.81 Å². The van der Waals surface area contributed by atoms with E-state index < -0.39 is 0 Å². The van der Waals surface area contributed by atoms with Crippen LogP contribution in [0.4, 0.5) is 4.39 Å². The molecule has 0 aliphatic rings. The third-order valence-electron chi connectivity index (χ3n) is 2.26. The first-order valence-corrected chi connectivity index (χ1v) is 5.30. The van der Waals surface area contributed by atoms with Gasteiger partial charge in [-0.15, -0.1) is 0 Å². The average molecular weight is 240 g/mol. The molecule has 0 aliphatic carbocycles. The van der Waals surface area contributed by atoms with E-state index in [1.165, 1.54) is 6.07 Å². The van der Waals surface area contributed by atoms with Gasteiger partial charge in [-0.3, -0.25) is 0 Å². The van der Waals surface area contributed by atoms with Crippen LogP contribution < -0.4 is 5.32 Å². The van der Waals surface area contributed by atoms with E-state index in [9.17, 15) is 4.39 Å². The van der Waals surface area contributed by atoms with Crippen LogP contribution in [0.1, 0.15) is 11.1 Å². The molecule has 4 heteroatoms. The van der Waals surface area contributed by atoms with Gasteiger partial charge in [0.05, 0.1) is 17.5 Å². The summed E-state index contributed by atoms with van der Waals surface area (Å²) in [7, 11) is 0. The third-order valence-corrected chi connectivity index (χ3v) is 2.55. The fraction of sp³-hybridized carbons (Fsp3) is 0.167. The molecule has 2 aromatic rings. The highest BCUT2D eigenvalue weighted by Gasteiger charge is 2.05. The highest BCUT2D eigenvalue weighted by atomic mass is 35.5. The fourth-order valence-electron chi connectivity index (χ4n) is 1.42. The summed E-state index contributed by atoms with van der Waals surface area (Å²) in [5.41, 5.74) is 1.60. The maximum absolute atomic E-state index is 13.5. The van der Waals surface area contributed by atoms with Crippen LogP contribution in [-0.4, -0.2) is 0 Å². The van der Waals surface area contributed by atoms with Crippen molar-refractivity contribution >= 4 is 11.6 Å². The second-order valence-corrected chi connectivity index (χ2v) is 3.86. The zero-order valence-corrected chi connectivity index (χ0v) is 9.30. The molecular formula is C12H11ClFNO. The molecule has 0 fully saturated rings. The predicted molar refractivity (Wildman–Crippen MR) is 60.7 cm³/mol. The lowest BCUT2D eigenvalue weighted by Gasteiger charge is -2.05. The van der Waals surface area contributed by atoms with Crippen LogP contribution in [0.3, 0.4) is 0 Å². The molecule has 2 rings (SSSR count). The maximum atomic E-state index is 13.5. The molecule has 1 aromatic carbocycles. The topological polar surface area (TPSA) is 25.2 Å². The summed E-state index contributed by atoms with van der Waals surface area (Å²) in [6.07, 6.45) is 3.26. The van der Waals surface area contributed by atoms with Gasteiger partial charge in [-0.25, -0.2) is 4.39 Å².